The molecular formula is C10H8BrF5O2. The molecule has 0 amide bonds. The maximum Gasteiger partial charge on any atom is 0.411 e. The van der Waals surface area contributed by atoms with Gasteiger partial charge in [0.25, 0.3) is 0 Å². The Labute approximate surface area is 107 Å². The van der Waals surface area contributed by atoms with Crippen molar-refractivity contribution < 1.29 is 31.8 Å². The van der Waals surface area contributed by atoms with Crippen LogP contribution in [0, 0.1) is 11.6 Å². The van der Waals surface area contributed by atoms with Crippen molar-refractivity contribution in [3.63, 3.8) is 0 Å². The zero-order valence-electron chi connectivity index (χ0n) is 8.77. The molecule has 0 aliphatic carbocycles. The number of hydrogen-bond donors (Lipinski definition) is 1. The molecule has 0 spiro atoms. The van der Waals surface area contributed by atoms with Gasteiger partial charge in [0.2, 0.25) is 0 Å². The van der Waals surface area contributed by atoms with Gasteiger partial charge in [-0.25, -0.2) is 8.78 Å². The van der Waals surface area contributed by atoms with Gasteiger partial charge < -0.3 is 9.84 Å². The van der Waals surface area contributed by atoms with Gasteiger partial charge in [-0.05, 0) is 28.1 Å². The topological polar surface area (TPSA) is 29.5 Å². The molecule has 0 saturated carbocycles. The molecule has 1 N–H and O–H groups in total. The van der Waals surface area contributed by atoms with Gasteiger partial charge in [0, 0.05) is 0 Å². The predicted octanol–water partition coefficient (Wildman–Crippen LogP) is 3.34. The Kier molecular flexibility index (Phi) is 5.06. The van der Waals surface area contributed by atoms with Crippen LogP contribution >= 0.6 is 15.9 Å². The van der Waals surface area contributed by atoms with E-state index in [4.69, 9.17) is 0 Å². The second kappa shape index (κ2) is 5.94. The monoisotopic (exact) mass is 334 g/mol. The molecule has 0 saturated heterocycles. The van der Waals surface area contributed by atoms with Gasteiger partial charge in [-0.15, -0.1) is 0 Å². The van der Waals surface area contributed by atoms with Crippen LogP contribution in [-0.2, 0) is 4.74 Å². The highest BCUT2D eigenvalue weighted by Crippen LogP contribution is 2.27. The van der Waals surface area contributed by atoms with Crippen LogP contribution in [0.2, 0.25) is 0 Å². The van der Waals surface area contributed by atoms with E-state index in [-0.39, 0.29) is 4.47 Å². The summed E-state index contributed by atoms with van der Waals surface area (Å²) < 4.78 is 66.0. The maximum absolute atomic E-state index is 13.4. The Morgan fingerprint density at radius 2 is 1.89 bits per heavy atom. The van der Waals surface area contributed by atoms with E-state index in [1.807, 2.05) is 0 Å². The minimum absolute atomic E-state index is 0.103. The van der Waals surface area contributed by atoms with Crippen LogP contribution in [0.5, 0.6) is 0 Å². The lowest BCUT2D eigenvalue weighted by molar-refractivity contribution is -0.179. The van der Waals surface area contributed by atoms with Gasteiger partial charge in [0.05, 0.1) is 16.6 Å². The van der Waals surface area contributed by atoms with E-state index < -0.39 is 42.7 Å². The zero-order valence-corrected chi connectivity index (χ0v) is 10.4. The molecule has 1 unspecified atom stereocenters. The van der Waals surface area contributed by atoms with Crippen molar-refractivity contribution >= 4 is 15.9 Å². The van der Waals surface area contributed by atoms with Crippen LogP contribution in [0.25, 0.3) is 0 Å². The lowest BCUT2D eigenvalue weighted by Gasteiger charge is -2.15. The molecule has 102 valence electrons. The number of rotatable bonds is 4. The predicted molar refractivity (Wildman–Crippen MR) is 55.9 cm³/mol. The van der Waals surface area contributed by atoms with Crippen LogP contribution in [0.4, 0.5) is 22.0 Å². The van der Waals surface area contributed by atoms with E-state index in [1.165, 1.54) is 0 Å². The SMILES string of the molecule is OC(COCC(F)(F)F)c1c(F)ccc(Br)c1F. The number of aliphatic hydroxyl groups excluding tert-OH is 1. The summed E-state index contributed by atoms with van der Waals surface area (Å²) in [5.74, 6) is -2.13. The molecule has 0 aliphatic rings. The number of hydrogen-bond acceptors (Lipinski definition) is 2. The van der Waals surface area contributed by atoms with E-state index in [0.29, 0.717) is 0 Å². The fraction of sp³-hybridized carbons (Fsp3) is 0.400. The summed E-state index contributed by atoms with van der Waals surface area (Å²) in [5, 5.41) is 9.41. The second-order valence-corrected chi connectivity index (χ2v) is 4.26. The summed E-state index contributed by atoms with van der Waals surface area (Å²) in [6.07, 6.45) is -6.38. The fourth-order valence-electron chi connectivity index (χ4n) is 1.22. The largest absolute Gasteiger partial charge is 0.411 e. The normalized spacial score (nSPS) is 13.7. The standard InChI is InChI=1S/C10H8BrF5O2/c11-5-1-2-6(12)8(9(5)13)7(17)3-18-4-10(14,15)16/h1-2,7,17H,3-4H2. The number of benzene rings is 1. The van der Waals surface area contributed by atoms with Crippen LogP contribution in [-0.4, -0.2) is 24.5 Å². The molecule has 0 fully saturated rings. The third kappa shape index (κ3) is 4.18. The Bertz CT molecular complexity index is 421. The van der Waals surface area contributed by atoms with E-state index >= 15 is 0 Å². The van der Waals surface area contributed by atoms with Crippen LogP contribution in [0.15, 0.2) is 16.6 Å². The summed E-state index contributed by atoms with van der Waals surface area (Å²) in [6.45, 7) is -2.45. The summed E-state index contributed by atoms with van der Waals surface area (Å²) in [6, 6.07) is 1.97. The van der Waals surface area contributed by atoms with Crippen molar-refractivity contribution in [2.75, 3.05) is 13.2 Å². The van der Waals surface area contributed by atoms with Crippen molar-refractivity contribution in [2.24, 2.45) is 0 Å². The summed E-state index contributed by atoms with van der Waals surface area (Å²) in [4.78, 5) is 0. The molecule has 1 atom stereocenters. The molecule has 0 aromatic heterocycles. The minimum atomic E-state index is -4.56. The molecule has 1 aromatic rings. The molecule has 2 nitrogen and oxygen atoms in total. The molecule has 8 heteroatoms. The van der Waals surface area contributed by atoms with E-state index in [0.717, 1.165) is 12.1 Å². The van der Waals surface area contributed by atoms with Crippen molar-refractivity contribution in [3.8, 4) is 0 Å². The van der Waals surface area contributed by atoms with Crippen LogP contribution in [0.1, 0.15) is 11.7 Å². The molecule has 1 aromatic carbocycles. The Morgan fingerprint density at radius 3 is 2.44 bits per heavy atom. The van der Waals surface area contributed by atoms with E-state index in [9.17, 15) is 27.1 Å². The van der Waals surface area contributed by atoms with Crippen molar-refractivity contribution in [1.82, 2.24) is 0 Å². The summed E-state index contributed by atoms with van der Waals surface area (Å²) >= 11 is 2.77. The number of aliphatic hydroxyl groups is 1. The highest BCUT2D eigenvalue weighted by Gasteiger charge is 2.28. The van der Waals surface area contributed by atoms with Crippen LogP contribution < -0.4 is 0 Å². The smallest absolute Gasteiger partial charge is 0.386 e. The van der Waals surface area contributed by atoms with Gasteiger partial charge in [0.15, 0.2) is 0 Å². The third-order valence-electron chi connectivity index (χ3n) is 1.95. The lowest BCUT2D eigenvalue weighted by Crippen LogP contribution is -2.20. The highest BCUT2D eigenvalue weighted by atomic mass is 79.9. The first-order chi connectivity index (χ1) is 8.22. The second-order valence-electron chi connectivity index (χ2n) is 3.40. The Morgan fingerprint density at radius 1 is 1.28 bits per heavy atom. The first kappa shape index (κ1) is 15.3. The minimum Gasteiger partial charge on any atom is -0.386 e. The summed E-state index contributed by atoms with van der Waals surface area (Å²) in [7, 11) is 0. The average molecular weight is 335 g/mol. The molecular weight excluding hydrogens is 327 g/mol. The highest BCUT2D eigenvalue weighted by molar-refractivity contribution is 9.10. The van der Waals surface area contributed by atoms with E-state index in [2.05, 4.69) is 20.7 Å². The quantitative estimate of drug-likeness (QED) is 0.676. The van der Waals surface area contributed by atoms with Crippen molar-refractivity contribution in [2.45, 2.75) is 12.3 Å². The van der Waals surface area contributed by atoms with Gasteiger partial charge in [-0.3, -0.25) is 0 Å². The molecule has 1 rings (SSSR count). The molecule has 0 bridgehead atoms. The van der Waals surface area contributed by atoms with E-state index in [1.54, 1.807) is 0 Å². The van der Waals surface area contributed by atoms with Gasteiger partial charge >= 0.3 is 6.18 Å². The van der Waals surface area contributed by atoms with Gasteiger partial charge in [-0.1, -0.05) is 0 Å². The zero-order chi connectivity index (χ0) is 13.9. The van der Waals surface area contributed by atoms with Crippen molar-refractivity contribution in [3.05, 3.63) is 33.8 Å². The summed E-state index contributed by atoms with van der Waals surface area (Å²) in [5.41, 5.74) is -0.730. The van der Waals surface area contributed by atoms with Crippen molar-refractivity contribution in [1.29, 1.82) is 0 Å². The van der Waals surface area contributed by atoms with Gasteiger partial charge in [-0.2, -0.15) is 13.2 Å². The molecule has 0 radical (unpaired) electrons. The number of ether oxygens (including phenoxy) is 1. The number of alkyl halides is 3. The Balaban J connectivity index is 2.73. The molecule has 18 heavy (non-hydrogen) atoms. The average Bonchev–Trinajstić information content (AvgIpc) is 2.22. The lowest BCUT2D eigenvalue weighted by atomic mass is 10.1. The van der Waals surface area contributed by atoms with Crippen LogP contribution in [0.3, 0.4) is 0 Å². The maximum atomic E-state index is 13.4. The third-order valence-corrected chi connectivity index (χ3v) is 2.57. The Hall–Kier alpha value is -0.730. The molecule has 0 heterocycles. The number of halogens is 6. The van der Waals surface area contributed by atoms with Gasteiger partial charge in [0.1, 0.15) is 24.3 Å². The first-order valence-corrected chi connectivity index (χ1v) is 5.47. The first-order valence-electron chi connectivity index (χ1n) is 4.68. The fourth-order valence-corrected chi connectivity index (χ4v) is 1.56. The molecule has 0 aliphatic heterocycles.